The molecule has 20 heavy (non-hydrogen) atoms. The minimum absolute atomic E-state index is 0.372. The van der Waals surface area contributed by atoms with E-state index < -0.39 is 0 Å². The van der Waals surface area contributed by atoms with Crippen LogP contribution in [0.2, 0.25) is 10.0 Å². The molecule has 0 radical (unpaired) electrons. The molecule has 4 heteroatoms. The van der Waals surface area contributed by atoms with Crippen LogP contribution in [0.1, 0.15) is 43.5 Å². The lowest BCUT2D eigenvalue weighted by atomic mass is 9.96. The third kappa shape index (κ3) is 2.47. The van der Waals surface area contributed by atoms with Crippen molar-refractivity contribution in [1.29, 1.82) is 0 Å². The number of fused-ring (bicyclic) bond motifs is 1. The molecule has 0 atom stereocenters. The van der Waals surface area contributed by atoms with Crippen molar-refractivity contribution in [3.63, 3.8) is 0 Å². The standard InChI is InChI=1S/C16H20Cl2N2/c1-6-19-16-12(8(2)3)10(5)20-15-11(17)7-9(4)14(18)13(15)16/h7-8H,6H2,1-5H3,(H,19,20). The number of aryl methyl sites for hydroxylation is 2. The number of halogens is 2. The van der Waals surface area contributed by atoms with Gasteiger partial charge in [0.2, 0.25) is 0 Å². The molecule has 0 spiro atoms. The van der Waals surface area contributed by atoms with Gasteiger partial charge in [-0.15, -0.1) is 0 Å². The Morgan fingerprint density at radius 1 is 1.25 bits per heavy atom. The Morgan fingerprint density at radius 2 is 1.90 bits per heavy atom. The molecule has 0 aliphatic carbocycles. The maximum atomic E-state index is 6.53. The summed E-state index contributed by atoms with van der Waals surface area (Å²) in [5.41, 5.74) is 5.04. The smallest absolute Gasteiger partial charge is 0.0927 e. The molecule has 1 aromatic heterocycles. The van der Waals surface area contributed by atoms with E-state index in [0.29, 0.717) is 10.9 Å². The van der Waals surface area contributed by atoms with Gasteiger partial charge in [-0.2, -0.15) is 0 Å². The van der Waals surface area contributed by atoms with Gasteiger partial charge < -0.3 is 5.32 Å². The fourth-order valence-corrected chi connectivity index (χ4v) is 3.23. The van der Waals surface area contributed by atoms with Crippen molar-refractivity contribution in [2.75, 3.05) is 11.9 Å². The van der Waals surface area contributed by atoms with Gasteiger partial charge in [0.25, 0.3) is 0 Å². The quantitative estimate of drug-likeness (QED) is 0.785. The lowest BCUT2D eigenvalue weighted by molar-refractivity contribution is 0.848. The van der Waals surface area contributed by atoms with Gasteiger partial charge in [-0.25, -0.2) is 0 Å². The molecule has 0 saturated carbocycles. The van der Waals surface area contributed by atoms with Crippen molar-refractivity contribution in [2.45, 2.75) is 40.5 Å². The Balaban J connectivity index is 2.99. The van der Waals surface area contributed by atoms with E-state index >= 15 is 0 Å². The zero-order valence-electron chi connectivity index (χ0n) is 12.6. The average molecular weight is 311 g/mol. The van der Waals surface area contributed by atoms with Crippen LogP contribution >= 0.6 is 23.2 Å². The predicted molar refractivity (Wildman–Crippen MR) is 89.5 cm³/mol. The second-order valence-electron chi connectivity index (χ2n) is 5.38. The number of pyridine rings is 1. The molecule has 1 aromatic carbocycles. The summed E-state index contributed by atoms with van der Waals surface area (Å²) in [5, 5.41) is 5.77. The van der Waals surface area contributed by atoms with E-state index in [0.717, 1.165) is 39.4 Å². The monoisotopic (exact) mass is 310 g/mol. The van der Waals surface area contributed by atoms with Crippen LogP contribution in [-0.4, -0.2) is 11.5 Å². The summed E-state index contributed by atoms with van der Waals surface area (Å²) >= 11 is 12.9. The number of nitrogens with zero attached hydrogens (tertiary/aromatic N) is 1. The van der Waals surface area contributed by atoms with Crippen LogP contribution in [0, 0.1) is 13.8 Å². The fourth-order valence-electron chi connectivity index (χ4n) is 2.69. The Labute approximate surface area is 130 Å². The van der Waals surface area contributed by atoms with Crippen LogP contribution in [0.3, 0.4) is 0 Å². The molecule has 0 saturated heterocycles. The SMILES string of the molecule is CCNc1c(C(C)C)c(C)nc2c(Cl)cc(C)c(Cl)c12. The number of aromatic nitrogens is 1. The maximum absolute atomic E-state index is 6.53. The van der Waals surface area contributed by atoms with E-state index in [1.54, 1.807) is 0 Å². The van der Waals surface area contributed by atoms with Crippen LogP contribution in [0.5, 0.6) is 0 Å². The van der Waals surface area contributed by atoms with E-state index in [1.807, 2.05) is 19.9 Å². The highest BCUT2D eigenvalue weighted by Gasteiger charge is 2.19. The molecule has 0 bridgehead atoms. The Bertz CT molecular complexity index is 664. The lowest BCUT2D eigenvalue weighted by Gasteiger charge is -2.20. The highest BCUT2D eigenvalue weighted by Crippen LogP contribution is 2.41. The molecule has 0 amide bonds. The maximum Gasteiger partial charge on any atom is 0.0927 e. The van der Waals surface area contributed by atoms with E-state index in [1.165, 1.54) is 5.56 Å². The molecular formula is C16H20Cl2N2. The van der Waals surface area contributed by atoms with Crippen molar-refractivity contribution in [3.8, 4) is 0 Å². The molecule has 0 fully saturated rings. The third-order valence-electron chi connectivity index (χ3n) is 3.49. The first-order valence-corrected chi connectivity index (χ1v) is 7.66. The van der Waals surface area contributed by atoms with Crippen molar-refractivity contribution in [3.05, 3.63) is 32.9 Å². The highest BCUT2D eigenvalue weighted by atomic mass is 35.5. The van der Waals surface area contributed by atoms with Crippen LogP contribution in [-0.2, 0) is 0 Å². The average Bonchev–Trinajstić information content (AvgIpc) is 2.35. The number of nitrogens with one attached hydrogen (secondary N) is 1. The van der Waals surface area contributed by atoms with Gasteiger partial charge in [-0.05, 0) is 43.9 Å². The molecule has 2 aromatic rings. The first kappa shape index (κ1) is 15.4. The van der Waals surface area contributed by atoms with Gasteiger partial charge in [0.1, 0.15) is 0 Å². The molecule has 0 aliphatic heterocycles. The fraction of sp³-hybridized carbons (Fsp3) is 0.438. The molecular weight excluding hydrogens is 291 g/mol. The van der Waals surface area contributed by atoms with Gasteiger partial charge in [0.15, 0.2) is 0 Å². The molecule has 2 rings (SSSR count). The normalized spacial score (nSPS) is 11.4. The van der Waals surface area contributed by atoms with Crippen LogP contribution in [0.25, 0.3) is 10.9 Å². The Morgan fingerprint density at radius 3 is 2.45 bits per heavy atom. The lowest BCUT2D eigenvalue weighted by Crippen LogP contribution is -2.07. The largest absolute Gasteiger partial charge is 0.384 e. The molecule has 0 unspecified atom stereocenters. The first-order chi connectivity index (χ1) is 9.38. The number of hydrogen-bond donors (Lipinski definition) is 1. The van der Waals surface area contributed by atoms with E-state index in [4.69, 9.17) is 23.2 Å². The topological polar surface area (TPSA) is 24.9 Å². The molecule has 2 nitrogen and oxygen atoms in total. The van der Waals surface area contributed by atoms with Crippen LogP contribution in [0.4, 0.5) is 5.69 Å². The van der Waals surface area contributed by atoms with Crippen LogP contribution < -0.4 is 5.32 Å². The summed E-state index contributed by atoms with van der Waals surface area (Å²) in [5.74, 6) is 0.372. The van der Waals surface area contributed by atoms with Crippen molar-refractivity contribution in [2.24, 2.45) is 0 Å². The number of hydrogen-bond acceptors (Lipinski definition) is 2. The second-order valence-corrected chi connectivity index (χ2v) is 6.17. The van der Waals surface area contributed by atoms with E-state index in [2.05, 4.69) is 31.1 Å². The molecule has 1 heterocycles. The Kier molecular flexibility index (Phi) is 4.46. The van der Waals surface area contributed by atoms with Gasteiger partial charge >= 0.3 is 0 Å². The predicted octanol–water partition coefficient (Wildman–Crippen LogP) is 5.71. The number of benzene rings is 1. The van der Waals surface area contributed by atoms with Gasteiger partial charge in [-0.1, -0.05) is 37.0 Å². The number of rotatable bonds is 3. The van der Waals surface area contributed by atoms with E-state index in [9.17, 15) is 0 Å². The minimum atomic E-state index is 0.372. The van der Waals surface area contributed by atoms with Gasteiger partial charge in [-0.3, -0.25) is 4.98 Å². The van der Waals surface area contributed by atoms with E-state index in [-0.39, 0.29) is 0 Å². The summed E-state index contributed by atoms with van der Waals surface area (Å²) in [6, 6.07) is 1.88. The minimum Gasteiger partial charge on any atom is -0.384 e. The van der Waals surface area contributed by atoms with Crippen molar-refractivity contribution < 1.29 is 0 Å². The summed E-state index contributed by atoms with van der Waals surface area (Å²) in [6.45, 7) is 11.2. The Hall–Kier alpha value is -0.990. The number of anilines is 1. The van der Waals surface area contributed by atoms with Crippen LogP contribution in [0.15, 0.2) is 6.07 Å². The summed E-state index contributed by atoms with van der Waals surface area (Å²) in [4.78, 5) is 4.68. The summed E-state index contributed by atoms with van der Waals surface area (Å²) < 4.78 is 0. The highest BCUT2D eigenvalue weighted by molar-refractivity contribution is 6.41. The third-order valence-corrected chi connectivity index (χ3v) is 4.27. The zero-order chi connectivity index (χ0) is 15.0. The zero-order valence-corrected chi connectivity index (χ0v) is 14.1. The molecule has 108 valence electrons. The first-order valence-electron chi connectivity index (χ1n) is 6.91. The van der Waals surface area contributed by atoms with Crippen molar-refractivity contribution in [1.82, 2.24) is 4.98 Å². The molecule has 1 N–H and O–H groups in total. The van der Waals surface area contributed by atoms with Gasteiger partial charge in [0, 0.05) is 17.6 Å². The second kappa shape index (κ2) is 5.79. The van der Waals surface area contributed by atoms with Crippen molar-refractivity contribution >= 4 is 39.8 Å². The van der Waals surface area contributed by atoms with Gasteiger partial charge in [0.05, 0.1) is 21.2 Å². The molecule has 0 aliphatic rings. The summed E-state index contributed by atoms with van der Waals surface area (Å²) in [6.07, 6.45) is 0. The summed E-state index contributed by atoms with van der Waals surface area (Å²) in [7, 11) is 0.